The molecule has 0 aliphatic carbocycles. The number of nitrogens with one attached hydrogen (secondary N) is 1. The molecule has 29 heavy (non-hydrogen) atoms. The summed E-state index contributed by atoms with van der Waals surface area (Å²) >= 11 is 2.32. The van der Waals surface area contributed by atoms with Crippen molar-refractivity contribution in [3.63, 3.8) is 0 Å². The zero-order valence-corrected chi connectivity index (χ0v) is 18.8. The summed E-state index contributed by atoms with van der Waals surface area (Å²) < 4.78 is 7.54. The number of hydrogen-bond donors (Lipinski definition) is 1. The summed E-state index contributed by atoms with van der Waals surface area (Å²) in [5.41, 5.74) is 5.31. The second-order valence-corrected chi connectivity index (χ2v) is 8.49. The minimum atomic E-state index is -0.0252. The van der Waals surface area contributed by atoms with Crippen molar-refractivity contribution in [2.24, 2.45) is 0 Å². The Bertz CT molecular complexity index is 1250. The number of halogens is 1. The van der Waals surface area contributed by atoms with E-state index in [-0.39, 0.29) is 11.5 Å². The molecule has 1 heterocycles. The van der Waals surface area contributed by atoms with E-state index in [2.05, 4.69) is 53.0 Å². The van der Waals surface area contributed by atoms with Crippen LogP contribution in [0, 0.1) is 17.4 Å². The molecule has 4 heteroatoms. The molecule has 0 saturated carbocycles. The fourth-order valence-electron chi connectivity index (χ4n) is 3.64. The number of hydrogen-bond acceptors (Lipinski definition) is 3. The highest BCUT2D eigenvalue weighted by atomic mass is 127. The van der Waals surface area contributed by atoms with Gasteiger partial charge < -0.3 is 9.73 Å². The predicted octanol–water partition coefficient (Wildman–Crippen LogP) is 6.85. The summed E-state index contributed by atoms with van der Waals surface area (Å²) in [4.78, 5) is 13.2. The molecule has 4 rings (SSSR count). The van der Waals surface area contributed by atoms with Gasteiger partial charge in [0.15, 0.2) is 5.43 Å². The molecule has 0 amide bonds. The first-order valence-electron chi connectivity index (χ1n) is 9.60. The third kappa shape index (κ3) is 3.81. The Morgan fingerprint density at radius 3 is 2.38 bits per heavy atom. The van der Waals surface area contributed by atoms with Crippen LogP contribution in [0.25, 0.3) is 22.3 Å². The Hall–Kier alpha value is -2.60. The highest BCUT2D eigenvalue weighted by molar-refractivity contribution is 14.1. The fraction of sp³-hybridized carbons (Fsp3) is 0.160. The lowest BCUT2D eigenvalue weighted by atomic mass is 9.99. The summed E-state index contributed by atoms with van der Waals surface area (Å²) in [5.74, 6) is 0.634. The normalized spacial score (nSPS) is 12.1. The Morgan fingerprint density at radius 2 is 1.66 bits per heavy atom. The lowest BCUT2D eigenvalue weighted by Crippen LogP contribution is -2.12. The van der Waals surface area contributed by atoms with Crippen LogP contribution in [0.5, 0.6) is 0 Å². The minimum absolute atomic E-state index is 0.0246. The number of aryl methyl sites for hydroxylation is 1. The van der Waals surface area contributed by atoms with Gasteiger partial charge in [0.2, 0.25) is 0 Å². The highest BCUT2D eigenvalue weighted by Gasteiger charge is 2.19. The summed E-state index contributed by atoms with van der Waals surface area (Å²) in [5, 5.41) is 4.20. The van der Waals surface area contributed by atoms with Gasteiger partial charge in [-0.2, -0.15) is 0 Å². The van der Waals surface area contributed by atoms with E-state index in [1.54, 1.807) is 0 Å². The van der Waals surface area contributed by atoms with Crippen molar-refractivity contribution in [2.75, 3.05) is 5.32 Å². The molecule has 1 atom stereocenters. The zero-order chi connectivity index (χ0) is 20.5. The predicted molar refractivity (Wildman–Crippen MR) is 129 cm³/mol. The zero-order valence-electron chi connectivity index (χ0n) is 16.6. The smallest absolute Gasteiger partial charge is 0.196 e. The van der Waals surface area contributed by atoms with Crippen LogP contribution in [0.1, 0.15) is 29.7 Å². The second kappa shape index (κ2) is 8.03. The summed E-state index contributed by atoms with van der Waals surface area (Å²) in [6, 6.07) is 22.0. The van der Waals surface area contributed by atoms with Gasteiger partial charge >= 0.3 is 0 Å². The fourth-order valence-corrected chi connectivity index (χ4v) is 4.19. The van der Waals surface area contributed by atoms with Crippen molar-refractivity contribution in [1.29, 1.82) is 0 Å². The van der Waals surface area contributed by atoms with E-state index in [4.69, 9.17) is 4.42 Å². The van der Waals surface area contributed by atoms with E-state index in [0.29, 0.717) is 22.3 Å². The lowest BCUT2D eigenvalue weighted by molar-refractivity contribution is 0.605. The Labute approximate surface area is 183 Å². The number of para-hydroxylation sites is 1. The molecule has 0 bridgehead atoms. The van der Waals surface area contributed by atoms with Crippen LogP contribution in [-0.2, 0) is 0 Å². The molecule has 0 spiro atoms. The quantitative estimate of drug-likeness (QED) is 0.315. The van der Waals surface area contributed by atoms with Crippen molar-refractivity contribution in [3.05, 3.63) is 97.2 Å². The van der Waals surface area contributed by atoms with Crippen molar-refractivity contribution in [3.8, 4) is 11.3 Å². The van der Waals surface area contributed by atoms with E-state index in [1.807, 2.05) is 62.4 Å². The summed E-state index contributed by atoms with van der Waals surface area (Å²) in [6.07, 6.45) is 0. The first kappa shape index (κ1) is 19.7. The maximum Gasteiger partial charge on any atom is 0.196 e. The monoisotopic (exact) mass is 495 g/mol. The van der Waals surface area contributed by atoms with Gasteiger partial charge in [0.05, 0.1) is 11.4 Å². The Balaban J connectivity index is 1.91. The number of rotatable bonds is 4. The third-order valence-corrected chi connectivity index (χ3v) is 6.08. The Kier molecular flexibility index (Phi) is 5.46. The molecular weight excluding hydrogens is 473 g/mol. The molecule has 0 saturated heterocycles. The molecule has 0 aliphatic rings. The maximum atomic E-state index is 13.2. The lowest BCUT2D eigenvalue weighted by Gasteiger charge is -2.19. The van der Waals surface area contributed by atoms with Crippen molar-refractivity contribution in [2.45, 2.75) is 26.8 Å². The van der Waals surface area contributed by atoms with Crippen molar-refractivity contribution in [1.82, 2.24) is 0 Å². The average Bonchev–Trinajstić information content (AvgIpc) is 2.72. The second-order valence-electron chi connectivity index (χ2n) is 7.33. The summed E-state index contributed by atoms with van der Waals surface area (Å²) in [6.45, 7) is 5.95. The van der Waals surface area contributed by atoms with Crippen molar-refractivity contribution < 1.29 is 4.42 Å². The van der Waals surface area contributed by atoms with Crippen molar-refractivity contribution >= 4 is 39.2 Å². The molecule has 0 fully saturated rings. The van der Waals surface area contributed by atoms with Gasteiger partial charge in [-0.15, -0.1) is 0 Å². The average molecular weight is 495 g/mol. The van der Waals surface area contributed by atoms with Crippen LogP contribution in [0.2, 0.25) is 0 Å². The summed E-state index contributed by atoms with van der Waals surface area (Å²) in [7, 11) is 0. The van der Waals surface area contributed by atoms with E-state index < -0.39 is 0 Å². The highest BCUT2D eigenvalue weighted by Crippen LogP contribution is 2.32. The molecule has 0 radical (unpaired) electrons. The van der Waals surface area contributed by atoms with E-state index in [1.165, 1.54) is 0 Å². The van der Waals surface area contributed by atoms with Crippen LogP contribution in [0.4, 0.5) is 5.69 Å². The molecular formula is C25H22INO2. The SMILES string of the molecule is Cc1cc(C(C)Nc2ccccc2I)c2oc(-c3ccccc3)c(C)c(=O)c2c1. The van der Waals surface area contributed by atoms with Gasteiger partial charge in [0.25, 0.3) is 0 Å². The van der Waals surface area contributed by atoms with Gasteiger partial charge in [-0.3, -0.25) is 4.79 Å². The first-order valence-corrected chi connectivity index (χ1v) is 10.7. The van der Waals surface area contributed by atoms with Crippen LogP contribution in [-0.4, -0.2) is 0 Å². The first-order chi connectivity index (χ1) is 14.0. The molecule has 4 aromatic rings. The largest absolute Gasteiger partial charge is 0.455 e. The third-order valence-electron chi connectivity index (χ3n) is 5.14. The standard InChI is InChI=1S/C25H22INO2/c1-15-13-19(17(3)27-22-12-8-7-11-21(22)26)25-20(14-15)23(28)16(2)24(29-25)18-9-5-4-6-10-18/h4-14,17,27H,1-3H3. The van der Waals surface area contributed by atoms with E-state index >= 15 is 0 Å². The molecule has 3 nitrogen and oxygen atoms in total. The van der Waals surface area contributed by atoms with Crippen LogP contribution in [0.15, 0.2) is 75.9 Å². The van der Waals surface area contributed by atoms with Crippen LogP contribution >= 0.6 is 22.6 Å². The molecule has 3 aromatic carbocycles. The maximum absolute atomic E-state index is 13.2. The molecule has 146 valence electrons. The molecule has 1 unspecified atom stereocenters. The minimum Gasteiger partial charge on any atom is -0.455 e. The number of fused-ring (bicyclic) bond motifs is 1. The van der Waals surface area contributed by atoms with E-state index in [9.17, 15) is 4.79 Å². The van der Waals surface area contributed by atoms with Gasteiger partial charge in [0, 0.05) is 25.9 Å². The number of benzene rings is 3. The topological polar surface area (TPSA) is 42.2 Å². The Morgan fingerprint density at radius 1 is 0.966 bits per heavy atom. The van der Waals surface area contributed by atoms with E-state index in [0.717, 1.165) is 25.9 Å². The molecule has 1 N–H and O–H groups in total. The van der Waals surface area contributed by atoms with Gasteiger partial charge in [-0.25, -0.2) is 0 Å². The van der Waals surface area contributed by atoms with Crippen LogP contribution < -0.4 is 10.7 Å². The molecule has 0 aliphatic heterocycles. The van der Waals surface area contributed by atoms with Gasteiger partial charge in [-0.1, -0.05) is 48.5 Å². The van der Waals surface area contributed by atoms with Gasteiger partial charge in [0.1, 0.15) is 11.3 Å². The number of anilines is 1. The molecule has 1 aromatic heterocycles. The van der Waals surface area contributed by atoms with Gasteiger partial charge in [-0.05, 0) is 67.1 Å². The van der Waals surface area contributed by atoms with Crippen LogP contribution in [0.3, 0.4) is 0 Å².